The minimum atomic E-state index is -1.55. The van der Waals surface area contributed by atoms with Gasteiger partial charge >= 0.3 is 7.12 Å². The lowest BCUT2D eigenvalue weighted by atomic mass is 9.80. The molecule has 1 amide bonds. The summed E-state index contributed by atoms with van der Waals surface area (Å²) in [6.07, 6.45) is 0.498. The maximum absolute atomic E-state index is 14.2. The molecule has 2 heterocycles. The van der Waals surface area contributed by atoms with Gasteiger partial charge in [-0.3, -0.25) is 4.79 Å². The third kappa shape index (κ3) is 4.25. The average molecular weight is 436 g/mol. The van der Waals surface area contributed by atoms with E-state index in [1.54, 1.807) is 30.0 Å². The van der Waals surface area contributed by atoms with Crippen molar-refractivity contribution < 1.29 is 19.2 Å². The number of primary amides is 1. The van der Waals surface area contributed by atoms with Gasteiger partial charge in [0.1, 0.15) is 11.6 Å². The second-order valence-corrected chi connectivity index (χ2v) is 7.72. The number of anilines is 3. The quantitative estimate of drug-likeness (QED) is 0.417. The Labute approximate surface area is 184 Å². The zero-order chi connectivity index (χ0) is 23.0. The number of nitrogens with one attached hydrogen (secondary N) is 1. The Morgan fingerprint density at radius 2 is 2.06 bits per heavy atom. The summed E-state index contributed by atoms with van der Waals surface area (Å²) in [7, 11) is -1.55. The Morgan fingerprint density at radius 3 is 2.78 bits per heavy atom. The molecule has 32 heavy (non-hydrogen) atoms. The molecule has 0 radical (unpaired) electrons. The minimum absolute atomic E-state index is 0.123. The summed E-state index contributed by atoms with van der Waals surface area (Å²) >= 11 is 0. The summed E-state index contributed by atoms with van der Waals surface area (Å²) in [6.45, 7) is 4.00. The molecule has 3 aromatic rings. The van der Waals surface area contributed by atoms with Crippen LogP contribution in [0.5, 0.6) is 0 Å². The van der Waals surface area contributed by atoms with E-state index < -0.39 is 18.8 Å². The first-order valence-electron chi connectivity index (χ1n) is 10.1. The number of benzene rings is 2. The molecule has 0 aliphatic carbocycles. The smallest absolute Gasteiger partial charge is 0.423 e. The van der Waals surface area contributed by atoms with Gasteiger partial charge in [0.2, 0.25) is 17.8 Å². The Kier molecular flexibility index (Phi) is 5.77. The van der Waals surface area contributed by atoms with Crippen LogP contribution in [0.25, 0.3) is 0 Å². The highest BCUT2D eigenvalue weighted by molar-refractivity contribution is 6.58. The number of aryl methyl sites for hydroxylation is 1. The van der Waals surface area contributed by atoms with Crippen molar-refractivity contribution in [1.29, 1.82) is 0 Å². The lowest BCUT2D eigenvalue weighted by Gasteiger charge is -2.23. The molecular formula is C21H22BFN6O3. The molecule has 0 saturated heterocycles. The number of rotatable bonds is 6. The van der Waals surface area contributed by atoms with Gasteiger partial charge in [-0.25, -0.2) is 4.39 Å². The van der Waals surface area contributed by atoms with E-state index in [1.807, 2.05) is 13.0 Å². The molecule has 1 atom stereocenters. The van der Waals surface area contributed by atoms with E-state index >= 15 is 0 Å². The second-order valence-electron chi connectivity index (χ2n) is 7.72. The van der Waals surface area contributed by atoms with Crippen LogP contribution in [0.1, 0.15) is 34.2 Å². The monoisotopic (exact) mass is 436 g/mol. The largest absolute Gasteiger partial charge is 0.488 e. The van der Waals surface area contributed by atoms with Gasteiger partial charge in [0.05, 0.1) is 5.69 Å². The summed E-state index contributed by atoms with van der Waals surface area (Å²) in [4.78, 5) is 26.8. The number of amides is 1. The lowest BCUT2D eigenvalue weighted by Crippen LogP contribution is -2.30. The average Bonchev–Trinajstić information content (AvgIpc) is 3.06. The number of aromatic nitrogens is 3. The first kappa shape index (κ1) is 21.7. The molecule has 0 fully saturated rings. The highest BCUT2D eigenvalue weighted by atomic mass is 19.1. The zero-order valence-corrected chi connectivity index (χ0v) is 17.6. The van der Waals surface area contributed by atoms with E-state index in [0.717, 1.165) is 11.6 Å². The maximum atomic E-state index is 14.2. The Balaban J connectivity index is 1.64. The molecule has 11 heteroatoms. The molecule has 2 aromatic carbocycles. The van der Waals surface area contributed by atoms with Crippen LogP contribution in [-0.4, -0.2) is 44.1 Å². The lowest BCUT2D eigenvalue weighted by molar-refractivity contribution is 0.0999. The van der Waals surface area contributed by atoms with Crippen molar-refractivity contribution >= 4 is 36.1 Å². The van der Waals surface area contributed by atoms with Crippen LogP contribution < -0.4 is 21.4 Å². The third-order valence-corrected chi connectivity index (χ3v) is 5.31. The van der Waals surface area contributed by atoms with Crippen LogP contribution in [0, 0.1) is 12.7 Å². The molecule has 1 unspecified atom stereocenters. The van der Waals surface area contributed by atoms with Crippen LogP contribution in [0.4, 0.5) is 22.0 Å². The number of fused-ring (bicyclic) bond motifs is 1. The molecule has 0 saturated carbocycles. The van der Waals surface area contributed by atoms with Crippen molar-refractivity contribution in [2.24, 2.45) is 5.73 Å². The fourth-order valence-corrected chi connectivity index (χ4v) is 3.90. The number of hydrogen-bond acceptors (Lipinski definition) is 8. The van der Waals surface area contributed by atoms with E-state index in [-0.39, 0.29) is 11.6 Å². The van der Waals surface area contributed by atoms with Crippen LogP contribution in [0.3, 0.4) is 0 Å². The number of nitrogens with two attached hydrogens (primary N) is 1. The van der Waals surface area contributed by atoms with Crippen molar-refractivity contribution in [2.45, 2.75) is 32.9 Å². The van der Waals surface area contributed by atoms with Gasteiger partial charge in [-0.05, 0) is 49.0 Å². The van der Waals surface area contributed by atoms with Gasteiger partial charge in [-0.15, -0.1) is 0 Å². The van der Waals surface area contributed by atoms with Crippen molar-refractivity contribution in [3.8, 4) is 0 Å². The number of halogens is 1. The highest BCUT2D eigenvalue weighted by Crippen LogP contribution is 2.39. The molecular weight excluding hydrogens is 414 g/mol. The van der Waals surface area contributed by atoms with Crippen LogP contribution in [-0.2, 0) is 13.0 Å². The Morgan fingerprint density at radius 1 is 1.28 bits per heavy atom. The van der Waals surface area contributed by atoms with Crippen molar-refractivity contribution in [3.63, 3.8) is 0 Å². The SMILES string of the molecule is Cc1nc(NCc2cccc(B(O)O)c2)nc(N2c3cc(F)cc(C(N)=O)c3CC2C)n1. The molecule has 9 nitrogen and oxygen atoms in total. The van der Waals surface area contributed by atoms with Gasteiger partial charge in [0, 0.05) is 18.2 Å². The van der Waals surface area contributed by atoms with Crippen LogP contribution in [0.2, 0.25) is 0 Å². The third-order valence-electron chi connectivity index (χ3n) is 5.31. The van der Waals surface area contributed by atoms with Crippen LogP contribution in [0.15, 0.2) is 36.4 Å². The first-order chi connectivity index (χ1) is 15.2. The Hall–Kier alpha value is -3.57. The normalized spacial score (nSPS) is 14.9. The van der Waals surface area contributed by atoms with Gasteiger partial charge in [0.25, 0.3) is 0 Å². The zero-order valence-electron chi connectivity index (χ0n) is 17.6. The molecule has 0 spiro atoms. The van der Waals surface area contributed by atoms with E-state index in [2.05, 4.69) is 20.3 Å². The summed E-state index contributed by atoms with van der Waals surface area (Å²) in [5.74, 6) is -0.142. The van der Waals surface area contributed by atoms with E-state index in [9.17, 15) is 19.2 Å². The summed E-state index contributed by atoms with van der Waals surface area (Å²) in [5, 5.41) is 21.8. The van der Waals surface area contributed by atoms with Crippen molar-refractivity contribution in [2.75, 3.05) is 10.2 Å². The number of carbonyl (C=O) groups is 1. The highest BCUT2D eigenvalue weighted by Gasteiger charge is 2.33. The Bertz CT molecular complexity index is 1190. The maximum Gasteiger partial charge on any atom is 0.488 e. The number of carbonyl (C=O) groups excluding carboxylic acids is 1. The molecule has 1 aliphatic rings. The molecule has 0 bridgehead atoms. The summed E-state index contributed by atoms with van der Waals surface area (Å²) in [6, 6.07) is 9.22. The predicted molar refractivity (Wildman–Crippen MR) is 118 cm³/mol. The van der Waals surface area contributed by atoms with E-state index in [0.29, 0.717) is 47.4 Å². The van der Waals surface area contributed by atoms with Crippen molar-refractivity contribution in [3.05, 3.63) is 64.7 Å². The first-order valence-corrected chi connectivity index (χ1v) is 10.1. The number of nitrogens with zero attached hydrogens (tertiary/aromatic N) is 4. The summed E-state index contributed by atoms with van der Waals surface area (Å²) in [5.41, 5.74) is 7.97. The van der Waals surface area contributed by atoms with Gasteiger partial charge < -0.3 is 26.0 Å². The molecule has 5 N–H and O–H groups in total. The minimum Gasteiger partial charge on any atom is -0.423 e. The van der Waals surface area contributed by atoms with Gasteiger partial charge in [0.15, 0.2) is 0 Å². The fourth-order valence-electron chi connectivity index (χ4n) is 3.90. The van der Waals surface area contributed by atoms with Crippen LogP contribution >= 0.6 is 0 Å². The molecule has 1 aromatic heterocycles. The van der Waals surface area contributed by atoms with Gasteiger partial charge in [-0.1, -0.05) is 24.3 Å². The molecule has 4 rings (SSSR count). The predicted octanol–water partition coefficient (Wildman–Crippen LogP) is 0.793. The van der Waals surface area contributed by atoms with Gasteiger partial charge in [-0.2, -0.15) is 15.0 Å². The van der Waals surface area contributed by atoms with Crippen molar-refractivity contribution in [1.82, 2.24) is 15.0 Å². The van der Waals surface area contributed by atoms with E-state index in [1.165, 1.54) is 6.07 Å². The second kappa shape index (κ2) is 8.52. The molecule has 1 aliphatic heterocycles. The summed E-state index contributed by atoms with van der Waals surface area (Å²) < 4.78 is 14.2. The van der Waals surface area contributed by atoms with E-state index in [4.69, 9.17) is 5.73 Å². The topological polar surface area (TPSA) is 137 Å². The molecule has 164 valence electrons. The number of hydrogen-bond donors (Lipinski definition) is 4. The standard InChI is InChI=1S/C21H22BFN6O3/c1-11-6-16-17(19(24)30)8-15(23)9-18(16)29(11)21-27-12(2)26-20(28-21)25-10-13-4-3-5-14(7-13)22(31)32/h3-5,7-9,11,31-32H,6,10H2,1-2H3,(H2,24,30)(H,25,26,27,28). The fraction of sp³-hybridized carbons (Fsp3) is 0.238.